The number of carbonyl (C=O) groups excluding carboxylic acids is 1. The van der Waals surface area contributed by atoms with Gasteiger partial charge in [-0.05, 0) is 41.8 Å². The third kappa shape index (κ3) is 3.88. The largest absolute Gasteiger partial charge is 0.359 e. The van der Waals surface area contributed by atoms with E-state index in [1.54, 1.807) is 7.05 Å². The maximum atomic E-state index is 13.3. The van der Waals surface area contributed by atoms with Crippen LogP contribution in [0.25, 0.3) is 0 Å². The van der Waals surface area contributed by atoms with Gasteiger partial charge in [0.25, 0.3) is 0 Å². The second-order valence-electron chi connectivity index (χ2n) is 4.67. The van der Waals surface area contributed by atoms with Gasteiger partial charge in [0.05, 0.1) is 5.92 Å². The zero-order valence-electron chi connectivity index (χ0n) is 11.4. The molecule has 21 heavy (non-hydrogen) atoms. The maximum Gasteiger partial charge on any atom is 0.227 e. The smallest absolute Gasteiger partial charge is 0.227 e. The SMILES string of the molecule is CNC(=O)C(Cc1ccc(F)c(F)c1)c1ccc(Br)cc1. The first-order valence-electron chi connectivity index (χ1n) is 6.42. The van der Waals surface area contributed by atoms with E-state index in [4.69, 9.17) is 0 Å². The van der Waals surface area contributed by atoms with Crippen LogP contribution in [0.1, 0.15) is 17.0 Å². The lowest BCUT2D eigenvalue weighted by Gasteiger charge is -2.16. The number of amides is 1. The van der Waals surface area contributed by atoms with Gasteiger partial charge in [-0.3, -0.25) is 4.79 Å². The number of likely N-dealkylation sites (N-methyl/N-ethyl adjacent to an activating group) is 1. The molecule has 0 saturated carbocycles. The van der Waals surface area contributed by atoms with E-state index in [1.807, 2.05) is 24.3 Å². The fraction of sp³-hybridized carbons (Fsp3) is 0.188. The summed E-state index contributed by atoms with van der Waals surface area (Å²) in [7, 11) is 1.55. The first-order chi connectivity index (χ1) is 10.0. The van der Waals surface area contributed by atoms with Crippen molar-refractivity contribution in [2.75, 3.05) is 7.05 Å². The summed E-state index contributed by atoms with van der Waals surface area (Å²) in [5, 5.41) is 2.61. The second-order valence-corrected chi connectivity index (χ2v) is 5.59. The average Bonchev–Trinajstić information content (AvgIpc) is 2.48. The third-order valence-electron chi connectivity index (χ3n) is 3.26. The van der Waals surface area contributed by atoms with Crippen LogP contribution in [0, 0.1) is 11.6 Å². The molecule has 0 saturated heterocycles. The number of hydrogen-bond donors (Lipinski definition) is 1. The van der Waals surface area contributed by atoms with E-state index in [0.717, 1.165) is 22.2 Å². The van der Waals surface area contributed by atoms with E-state index < -0.39 is 17.6 Å². The van der Waals surface area contributed by atoms with Crippen molar-refractivity contribution in [1.82, 2.24) is 5.32 Å². The van der Waals surface area contributed by atoms with E-state index in [1.165, 1.54) is 6.07 Å². The van der Waals surface area contributed by atoms with Crippen molar-refractivity contribution in [3.63, 3.8) is 0 Å². The highest BCUT2D eigenvalue weighted by Crippen LogP contribution is 2.24. The van der Waals surface area contributed by atoms with E-state index in [2.05, 4.69) is 21.2 Å². The molecule has 0 spiro atoms. The molecule has 0 radical (unpaired) electrons. The first-order valence-corrected chi connectivity index (χ1v) is 7.21. The van der Waals surface area contributed by atoms with E-state index in [9.17, 15) is 13.6 Å². The van der Waals surface area contributed by atoms with Crippen molar-refractivity contribution >= 4 is 21.8 Å². The van der Waals surface area contributed by atoms with Gasteiger partial charge in [-0.1, -0.05) is 34.1 Å². The lowest BCUT2D eigenvalue weighted by atomic mass is 9.91. The van der Waals surface area contributed by atoms with Crippen molar-refractivity contribution in [2.24, 2.45) is 0 Å². The molecular weight excluding hydrogens is 340 g/mol. The third-order valence-corrected chi connectivity index (χ3v) is 3.79. The highest BCUT2D eigenvalue weighted by Gasteiger charge is 2.20. The zero-order chi connectivity index (χ0) is 15.4. The van der Waals surface area contributed by atoms with Crippen LogP contribution >= 0.6 is 15.9 Å². The van der Waals surface area contributed by atoms with Gasteiger partial charge in [0, 0.05) is 11.5 Å². The van der Waals surface area contributed by atoms with Gasteiger partial charge in [0.15, 0.2) is 11.6 Å². The van der Waals surface area contributed by atoms with Crippen LogP contribution in [0.15, 0.2) is 46.9 Å². The molecule has 0 aliphatic carbocycles. The number of nitrogens with one attached hydrogen (secondary N) is 1. The summed E-state index contributed by atoms with van der Waals surface area (Å²) in [4.78, 5) is 12.1. The summed E-state index contributed by atoms with van der Waals surface area (Å²) < 4.78 is 27.2. The summed E-state index contributed by atoms with van der Waals surface area (Å²) in [6.07, 6.45) is 0.304. The Labute approximate surface area is 130 Å². The van der Waals surface area contributed by atoms with E-state index in [-0.39, 0.29) is 5.91 Å². The minimum Gasteiger partial charge on any atom is -0.359 e. The normalized spacial score (nSPS) is 12.0. The van der Waals surface area contributed by atoms with Crippen LogP contribution in [-0.2, 0) is 11.2 Å². The molecule has 0 fully saturated rings. The summed E-state index contributed by atoms with van der Waals surface area (Å²) in [5.74, 6) is -2.41. The van der Waals surface area contributed by atoms with Crippen LogP contribution in [0.3, 0.4) is 0 Å². The Morgan fingerprint density at radius 2 is 1.81 bits per heavy atom. The van der Waals surface area contributed by atoms with Gasteiger partial charge < -0.3 is 5.32 Å². The van der Waals surface area contributed by atoms with Crippen LogP contribution in [0.4, 0.5) is 8.78 Å². The lowest BCUT2D eigenvalue weighted by molar-refractivity contribution is -0.122. The van der Waals surface area contributed by atoms with Gasteiger partial charge in [0.2, 0.25) is 5.91 Å². The molecule has 1 N–H and O–H groups in total. The minimum absolute atomic E-state index is 0.165. The zero-order valence-corrected chi connectivity index (χ0v) is 13.0. The molecule has 110 valence electrons. The summed E-state index contributed by atoms with van der Waals surface area (Å²) in [6, 6.07) is 11.1. The van der Waals surface area contributed by atoms with Crippen LogP contribution in [0.5, 0.6) is 0 Å². The second kappa shape index (κ2) is 6.80. The minimum atomic E-state index is -0.904. The molecule has 1 unspecified atom stereocenters. The molecule has 0 bridgehead atoms. The van der Waals surface area contributed by atoms with Gasteiger partial charge in [-0.15, -0.1) is 0 Å². The molecule has 5 heteroatoms. The fourth-order valence-corrected chi connectivity index (χ4v) is 2.40. The summed E-state index contributed by atoms with van der Waals surface area (Å²) >= 11 is 3.34. The molecule has 2 rings (SSSR count). The molecule has 0 aliphatic rings. The van der Waals surface area contributed by atoms with Crippen molar-refractivity contribution in [2.45, 2.75) is 12.3 Å². The molecule has 0 aliphatic heterocycles. The summed E-state index contributed by atoms with van der Waals surface area (Å²) in [5.41, 5.74) is 1.40. The fourth-order valence-electron chi connectivity index (χ4n) is 2.13. The molecular formula is C16H14BrF2NO. The quantitative estimate of drug-likeness (QED) is 0.889. The molecule has 1 amide bonds. The van der Waals surface area contributed by atoms with Crippen LogP contribution in [0.2, 0.25) is 0 Å². The van der Waals surface area contributed by atoms with Gasteiger partial charge in [-0.2, -0.15) is 0 Å². The predicted octanol–water partition coefficient (Wildman–Crippen LogP) is 3.80. The number of rotatable bonds is 4. The van der Waals surface area contributed by atoms with Gasteiger partial charge in [-0.25, -0.2) is 8.78 Å². The Morgan fingerprint density at radius 3 is 2.38 bits per heavy atom. The van der Waals surface area contributed by atoms with Crippen molar-refractivity contribution in [3.8, 4) is 0 Å². The van der Waals surface area contributed by atoms with Crippen molar-refractivity contribution in [3.05, 3.63) is 69.7 Å². The Morgan fingerprint density at radius 1 is 1.14 bits per heavy atom. The highest BCUT2D eigenvalue weighted by atomic mass is 79.9. The van der Waals surface area contributed by atoms with E-state index in [0.29, 0.717) is 12.0 Å². The number of hydrogen-bond acceptors (Lipinski definition) is 1. The lowest BCUT2D eigenvalue weighted by Crippen LogP contribution is -2.27. The topological polar surface area (TPSA) is 29.1 Å². The molecule has 2 aromatic carbocycles. The number of halogens is 3. The van der Waals surface area contributed by atoms with Crippen LogP contribution in [-0.4, -0.2) is 13.0 Å². The first kappa shape index (κ1) is 15.6. The highest BCUT2D eigenvalue weighted by molar-refractivity contribution is 9.10. The van der Waals surface area contributed by atoms with Crippen molar-refractivity contribution < 1.29 is 13.6 Å². The average molecular weight is 354 g/mol. The standard InChI is InChI=1S/C16H14BrF2NO/c1-20-16(21)13(11-3-5-12(17)6-4-11)8-10-2-7-14(18)15(19)9-10/h2-7,9,13H,8H2,1H3,(H,20,21). The predicted molar refractivity (Wildman–Crippen MR) is 81.0 cm³/mol. The Hall–Kier alpha value is -1.75. The maximum absolute atomic E-state index is 13.3. The number of carbonyl (C=O) groups is 1. The van der Waals surface area contributed by atoms with E-state index >= 15 is 0 Å². The molecule has 2 aromatic rings. The van der Waals surface area contributed by atoms with Crippen molar-refractivity contribution in [1.29, 1.82) is 0 Å². The number of benzene rings is 2. The molecule has 0 aromatic heterocycles. The van der Waals surface area contributed by atoms with Gasteiger partial charge >= 0.3 is 0 Å². The molecule has 1 atom stereocenters. The molecule has 2 nitrogen and oxygen atoms in total. The van der Waals surface area contributed by atoms with Crippen LogP contribution < -0.4 is 5.32 Å². The Kier molecular flexibility index (Phi) is 5.07. The molecule has 0 heterocycles. The Balaban J connectivity index is 2.30. The summed E-state index contributed by atoms with van der Waals surface area (Å²) in [6.45, 7) is 0. The Bertz CT molecular complexity index is 643. The monoisotopic (exact) mass is 353 g/mol. The van der Waals surface area contributed by atoms with Gasteiger partial charge in [0.1, 0.15) is 0 Å².